The van der Waals surface area contributed by atoms with Crippen molar-refractivity contribution < 1.29 is 19.1 Å². The standard InChI is InChI=1S/C13H26NO4P/c1-5-8-12(19(16,17)18)10-9-11(4)13(15)14(6-2)7-3/h12H,4-10H2,1-3H3,(H2,16,17,18). The smallest absolute Gasteiger partial charge is 0.328 e. The second kappa shape index (κ2) is 8.51. The largest absolute Gasteiger partial charge is 0.340 e. The molecule has 0 aliphatic rings. The summed E-state index contributed by atoms with van der Waals surface area (Å²) in [6.07, 6.45) is 1.83. The van der Waals surface area contributed by atoms with Crippen LogP contribution >= 0.6 is 7.60 Å². The Morgan fingerprint density at radius 3 is 2.11 bits per heavy atom. The summed E-state index contributed by atoms with van der Waals surface area (Å²) in [5, 5.41) is 0. The maximum Gasteiger partial charge on any atom is 0.328 e. The molecular weight excluding hydrogens is 265 g/mol. The summed E-state index contributed by atoms with van der Waals surface area (Å²) in [4.78, 5) is 32.1. The summed E-state index contributed by atoms with van der Waals surface area (Å²) in [6, 6.07) is 0. The highest BCUT2D eigenvalue weighted by atomic mass is 31.2. The molecule has 0 spiro atoms. The second-order valence-corrected chi connectivity index (χ2v) is 6.56. The summed E-state index contributed by atoms with van der Waals surface area (Å²) >= 11 is 0. The van der Waals surface area contributed by atoms with E-state index in [1.165, 1.54) is 0 Å². The first-order valence-electron chi connectivity index (χ1n) is 6.80. The van der Waals surface area contributed by atoms with Gasteiger partial charge in [-0.05, 0) is 33.1 Å². The maximum atomic E-state index is 12.0. The highest BCUT2D eigenvalue weighted by molar-refractivity contribution is 7.52. The van der Waals surface area contributed by atoms with Gasteiger partial charge in [0.15, 0.2) is 0 Å². The molecule has 112 valence electrons. The van der Waals surface area contributed by atoms with E-state index in [2.05, 4.69) is 6.58 Å². The van der Waals surface area contributed by atoms with E-state index in [0.717, 1.165) is 0 Å². The van der Waals surface area contributed by atoms with E-state index in [-0.39, 0.29) is 5.91 Å². The molecule has 19 heavy (non-hydrogen) atoms. The molecule has 6 heteroatoms. The van der Waals surface area contributed by atoms with Crippen molar-refractivity contribution in [1.82, 2.24) is 4.90 Å². The molecule has 0 aliphatic heterocycles. The summed E-state index contributed by atoms with van der Waals surface area (Å²) < 4.78 is 11.3. The minimum Gasteiger partial charge on any atom is -0.340 e. The number of amides is 1. The van der Waals surface area contributed by atoms with E-state index in [4.69, 9.17) is 0 Å². The zero-order valence-electron chi connectivity index (χ0n) is 12.1. The van der Waals surface area contributed by atoms with E-state index >= 15 is 0 Å². The molecule has 2 N–H and O–H groups in total. The first kappa shape index (κ1) is 18.4. The van der Waals surface area contributed by atoms with E-state index in [9.17, 15) is 19.1 Å². The van der Waals surface area contributed by atoms with Crippen molar-refractivity contribution in [3.63, 3.8) is 0 Å². The van der Waals surface area contributed by atoms with Gasteiger partial charge in [0.1, 0.15) is 0 Å². The fourth-order valence-corrected chi connectivity index (χ4v) is 3.06. The SMILES string of the molecule is C=C(CCC(CCC)P(=O)(O)O)C(=O)N(CC)CC. The van der Waals surface area contributed by atoms with Crippen LogP contribution in [0.1, 0.15) is 46.5 Å². The summed E-state index contributed by atoms with van der Waals surface area (Å²) in [7, 11) is -4.08. The van der Waals surface area contributed by atoms with Crippen molar-refractivity contribution >= 4 is 13.5 Å². The quantitative estimate of drug-likeness (QED) is 0.505. The van der Waals surface area contributed by atoms with Crippen LogP contribution in [0.3, 0.4) is 0 Å². The van der Waals surface area contributed by atoms with Crippen LogP contribution < -0.4 is 0 Å². The fourth-order valence-electron chi connectivity index (χ4n) is 2.00. The van der Waals surface area contributed by atoms with Gasteiger partial charge in [-0.15, -0.1) is 0 Å². The van der Waals surface area contributed by atoms with Crippen molar-refractivity contribution in [2.75, 3.05) is 13.1 Å². The number of nitrogens with zero attached hydrogens (tertiary/aromatic N) is 1. The van der Waals surface area contributed by atoms with Crippen LogP contribution in [0, 0.1) is 0 Å². The Hall–Kier alpha value is -0.640. The van der Waals surface area contributed by atoms with Gasteiger partial charge in [-0.25, -0.2) is 0 Å². The number of carbonyl (C=O) groups excluding carboxylic acids is 1. The monoisotopic (exact) mass is 291 g/mol. The number of likely N-dealkylation sites (N-methyl/N-ethyl adjacent to an activating group) is 1. The Labute approximate surface area is 115 Å². The van der Waals surface area contributed by atoms with Gasteiger partial charge in [-0.2, -0.15) is 0 Å². The molecule has 0 saturated carbocycles. The predicted molar refractivity (Wildman–Crippen MR) is 77.0 cm³/mol. The minimum atomic E-state index is -4.08. The Bertz CT molecular complexity index is 347. The molecule has 1 amide bonds. The molecule has 0 aromatic carbocycles. The average molecular weight is 291 g/mol. The normalized spacial score (nSPS) is 13.1. The van der Waals surface area contributed by atoms with Gasteiger partial charge in [0.2, 0.25) is 5.91 Å². The lowest BCUT2D eigenvalue weighted by Gasteiger charge is -2.22. The highest BCUT2D eigenvalue weighted by Gasteiger charge is 2.28. The average Bonchev–Trinajstić information content (AvgIpc) is 2.33. The summed E-state index contributed by atoms with van der Waals surface area (Å²) in [6.45, 7) is 10.6. The lowest BCUT2D eigenvalue weighted by atomic mass is 10.1. The third-order valence-corrected chi connectivity index (χ3v) is 4.70. The molecule has 0 aromatic rings. The van der Waals surface area contributed by atoms with Gasteiger partial charge in [0.05, 0.1) is 5.66 Å². The number of hydrogen-bond donors (Lipinski definition) is 2. The number of carbonyl (C=O) groups is 1. The maximum absolute atomic E-state index is 12.0. The van der Waals surface area contributed by atoms with E-state index < -0.39 is 13.3 Å². The molecule has 0 aliphatic carbocycles. The molecule has 1 unspecified atom stereocenters. The minimum absolute atomic E-state index is 0.119. The van der Waals surface area contributed by atoms with Crippen LogP contribution in [-0.4, -0.2) is 39.3 Å². The van der Waals surface area contributed by atoms with Gasteiger partial charge in [0.25, 0.3) is 0 Å². The Morgan fingerprint density at radius 1 is 1.21 bits per heavy atom. The fraction of sp³-hybridized carbons (Fsp3) is 0.769. The molecule has 0 heterocycles. The number of rotatable bonds is 9. The molecule has 0 rings (SSSR count). The lowest BCUT2D eigenvalue weighted by molar-refractivity contribution is -0.126. The highest BCUT2D eigenvalue weighted by Crippen LogP contribution is 2.46. The van der Waals surface area contributed by atoms with Crippen LogP contribution in [0.4, 0.5) is 0 Å². The Morgan fingerprint density at radius 2 is 1.74 bits per heavy atom. The molecule has 1 atom stereocenters. The van der Waals surface area contributed by atoms with Crippen molar-refractivity contribution in [3.05, 3.63) is 12.2 Å². The van der Waals surface area contributed by atoms with Crippen LogP contribution in [-0.2, 0) is 9.36 Å². The second-order valence-electron chi connectivity index (χ2n) is 4.65. The van der Waals surface area contributed by atoms with Gasteiger partial charge >= 0.3 is 7.60 Å². The molecule has 0 saturated heterocycles. The summed E-state index contributed by atoms with van der Waals surface area (Å²) in [5.41, 5.74) is -0.239. The molecule has 0 aromatic heterocycles. The molecule has 0 bridgehead atoms. The van der Waals surface area contributed by atoms with E-state index in [1.807, 2.05) is 20.8 Å². The molecule has 0 fully saturated rings. The van der Waals surface area contributed by atoms with Crippen molar-refractivity contribution in [2.45, 2.75) is 52.1 Å². The van der Waals surface area contributed by atoms with Crippen molar-refractivity contribution in [1.29, 1.82) is 0 Å². The van der Waals surface area contributed by atoms with Crippen molar-refractivity contribution in [3.8, 4) is 0 Å². The van der Waals surface area contributed by atoms with Gasteiger partial charge < -0.3 is 14.7 Å². The van der Waals surface area contributed by atoms with E-state index in [1.54, 1.807) is 4.90 Å². The van der Waals surface area contributed by atoms with Gasteiger partial charge in [-0.3, -0.25) is 9.36 Å². The first-order chi connectivity index (χ1) is 8.77. The summed E-state index contributed by atoms with van der Waals surface area (Å²) in [5.74, 6) is -0.119. The molecule has 0 radical (unpaired) electrons. The zero-order valence-corrected chi connectivity index (χ0v) is 13.0. The zero-order chi connectivity index (χ0) is 15.1. The Kier molecular flexibility index (Phi) is 8.23. The lowest BCUT2D eigenvalue weighted by Crippen LogP contribution is -2.31. The van der Waals surface area contributed by atoms with Gasteiger partial charge in [-0.1, -0.05) is 19.9 Å². The topological polar surface area (TPSA) is 77.8 Å². The van der Waals surface area contributed by atoms with Crippen LogP contribution in [0.15, 0.2) is 12.2 Å². The van der Waals surface area contributed by atoms with E-state index in [0.29, 0.717) is 44.3 Å². The van der Waals surface area contributed by atoms with Gasteiger partial charge in [0, 0.05) is 18.7 Å². The van der Waals surface area contributed by atoms with Crippen LogP contribution in [0.25, 0.3) is 0 Å². The molecular formula is C13H26NO4P. The molecule has 5 nitrogen and oxygen atoms in total. The van der Waals surface area contributed by atoms with Crippen LogP contribution in [0.2, 0.25) is 0 Å². The first-order valence-corrected chi connectivity index (χ1v) is 8.48. The predicted octanol–water partition coefficient (Wildman–Crippen LogP) is 2.54. The number of hydrogen-bond acceptors (Lipinski definition) is 2. The van der Waals surface area contributed by atoms with Crippen LogP contribution in [0.5, 0.6) is 0 Å². The van der Waals surface area contributed by atoms with Crippen molar-refractivity contribution in [2.24, 2.45) is 0 Å². The third-order valence-electron chi connectivity index (χ3n) is 3.23. The third kappa shape index (κ3) is 6.37. The Balaban J connectivity index is 4.49.